The molecule has 0 saturated heterocycles. The van der Waals surface area contributed by atoms with Gasteiger partial charge in [0.25, 0.3) is 11.7 Å². The van der Waals surface area contributed by atoms with Gasteiger partial charge in [-0.2, -0.15) is 0 Å². The number of H-pyrrole nitrogens is 1. The second kappa shape index (κ2) is 4.87. The van der Waals surface area contributed by atoms with E-state index in [0.717, 1.165) is 11.1 Å². The Balaban J connectivity index is 2.20. The van der Waals surface area contributed by atoms with Gasteiger partial charge < -0.3 is 10.3 Å². The Morgan fingerprint density at radius 1 is 1.06 bits per heavy atom. The molecule has 1 amide bonds. The van der Waals surface area contributed by atoms with Gasteiger partial charge in [0.15, 0.2) is 0 Å². The molecule has 2 N–H and O–H groups in total. The lowest BCUT2D eigenvalue weighted by atomic mass is 10.1. The summed E-state index contributed by atoms with van der Waals surface area (Å²) in [5, 5.41) is 2.66. The maximum atomic E-state index is 11.8. The van der Waals surface area contributed by atoms with E-state index in [1.165, 1.54) is 0 Å². The number of Topliss-reactive ketones (excluding diaryl/α,β-unsaturated/α-hetero) is 1. The van der Waals surface area contributed by atoms with Crippen LogP contribution in [0.25, 0.3) is 0 Å². The molecule has 4 heteroatoms. The van der Waals surface area contributed by atoms with Gasteiger partial charge in [0.1, 0.15) is 0 Å². The zero-order valence-corrected chi connectivity index (χ0v) is 10.3. The quantitative estimate of drug-likeness (QED) is 0.641. The summed E-state index contributed by atoms with van der Waals surface area (Å²) in [6, 6.07) is 8.95. The number of hydrogen-bond acceptors (Lipinski definition) is 2. The van der Waals surface area contributed by atoms with E-state index in [0.29, 0.717) is 11.4 Å². The van der Waals surface area contributed by atoms with Crippen molar-refractivity contribution < 1.29 is 9.59 Å². The molecular weight excluding hydrogens is 228 g/mol. The summed E-state index contributed by atoms with van der Waals surface area (Å²) >= 11 is 0. The minimum atomic E-state index is -0.630. The van der Waals surface area contributed by atoms with Crippen molar-refractivity contribution in [2.45, 2.75) is 13.8 Å². The highest BCUT2D eigenvalue weighted by Gasteiger charge is 2.18. The molecule has 2 rings (SSSR count). The first-order valence-corrected chi connectivity index (χ1v) is 5.65. The minimum absolute atomic E-state index is 0.290. The third kappa shape index (κ3) is 2.32. The van der Waals surface area contributed by atoms with Gasteiger partial charge in [-0.25, -0.2) is 0 Å². The van der Waals surface area contributed by atoms with Crippen molar-refractivity contribution in [3.05, 3.63) is 53.3 Å². The Morgan fingerprint density at radius 3 is 2.28 bits per heavy atom. The van der Waals surface area contributed by atoms with E-state index in [4.69, 9.17) is 0 Å². The molecule has 0 saturated carbocycles. The first kappa shape index (κ1) is 12.1. The number of benzene rings is 1. The molecule has 0 fully saturated rings. The molecule has 0 unspecified atom stereocenters. The molecule has 92 valence electrons. The molecule has 1 aromatic heterocycles. The SMILES string of the molecule is Cc1cccc(C)c1NC(=O)C(=O)c1ccc[nH]1. The highest BCUT2D eigenvalue weighted by molar-refractivity contribution is 6.46. The summed E-state index contributed by atoms with van der Waals surface area (Å²) in [6.45, 7) is 3.78. The van der Waals surface area contributed by atoms with Gasteiger partial charge in [-0.15, -0.1) is 0 Å². The fourth-order valence-electron chi connectivity index (χ4n) is 1.78. The van der Waals surface area contributed by atoms with E-state index in [9.17, 15) is 9.59 Å². The predicted octanol–water partition coefficient (Wildman–Crippen LogP) is 2.45. The molecule has 0 aliphatic heterocycles. The van der Waals surface area contributed by atoms with Crippen molar-refractivity contribution in [3.8, 4) is 0 Å². The number of ketones is 1. The summed E-state index contributed by atoms with van der Waals surface area (Å²) in [7, 11) is 0. The standard InChI is InChI=1S/C14H14N2O2/c1-9-5-3-6-10(2)12(9)16-14(18)13(17)11-7-4-8-15-11/h3-8,15H,1-2H3,(H,16,18). The van der Waals surface area contributed by atoms with Crippen molar-refractivity contribution in [2.75, 3.05) is 5.32 Å². The molecule has 2 aromatic rings. The average molecular weight is 242 g/mol. The summed E-state index contributed by atoms with van der Waals surface area (Å²) in [5.74, 6) is -1.20. The van der Waals surface area contributed by atoms with Crippen LogP contribution in [0.2, 0.25) is 0 Å². The van der Waals surface area contributed by atoms with Crippen molar-refractivity contribution in [1.82, 2.24) is 4.98 Å². The van der Waals surface area contributed by atoms with Crippen LogP contribution in [0.4, 0.5) is 5.69 Å². The minimum Gasteiger partial charge on any atom is -0.358 e. The molecule has 0 atom stereocenters. The molecule has 1 heterocycles. The van der Waals surface area contributed by atoms with Crippen LogP contribution in [0.5, 0.6) is 0 Å². The maximum Gasteiger partial charge on any atom is 0.298 e. The van der Waals surface area contributed by atoms with E-state index < -0.39 is 11.7 Å². The highest BCUT2D eigenvalue weighted by Crippen LogP contribution is 2.19. The summed E-state index contributed by atoms with van der Waals surface area (Å²) in [5.41, 5.74) is 2.85. The molecule has 1 aromatic carbocycles. The third-order valence-electron chi connectivity index (χ3n) is 2.77. The number of carbonyl (C=O) groups excluding carboxylic acids is 2. The highest BCUT2D eigenvalue weighted by atomic mass is 16.2. The van der Waals surface area contributed by atoms with Gasteiger partial charge in [0, 0.05) is 11.9 Å². The molecule has 4 nitrogen and oxygen atoms in total. The number of rotatable bonds is 3. The van der Waals surface area contributed by atoms with E-state index in [2.05, 4.69) is 10.3 Å². The first-order valence-electron chi connectivity index (χ1n) is 5.65. The summed E-state index contributed by atoms with van der Waals surface area (Å²) < 4.78 is 0. The van der Waals surface area contributed by atoms with Crippen LogP contribution < -0.4 is 5.32 Å². The van der Waals surface area contributed by atoms with Gasteiger partial charge in [-0.05, 0) is 37.1 Å². The first-order chi connectivity index (χ1) is 8.59. The molecule has 18 heavy (non-hydrogen) atoms. The monoisotopic (exact) mass is 242 g/mol. The molecule has 0 spiro atoms. The van der Waals surface area contributed by atoms with Gasteiger partial charge >= 0.3 is 0 Å². The number of anilines is 1. The zero-order valence-electron chi connectivity index (χ0n) is 10.3. The summed E-state index contributed by atoms with van der Waals surface area (Å²) in [4.78, 5) is 26.3. The van der Waals surface area contributed by atoms with Crippen LogP contribution in [0.1, 0.15) is 21.6 Å². The number of amides is 1. The number of aromatic amines is 1. The second-order valence-corrected chi connectivity index (χ2v) is 4.13. The Bertz CT molecular complexity index is 566. The maximum absolute atomic E-state index is 11.8. The van der Waals surface area contributed by atoms with Gasteiger partial charge in [-0.1, -0.05) is 18.2 Å². The van der Waals surface area contributed by atoms with Crippen LogP contribution >= 0.6 is 0 Å². The smallest absolute Gasteiger partial charge is 0.298 e. The zero-order chi connectivity index (χ0) is 13.1. The average Bonchev–Trinajstić information content (AvgIpc) is 2.86. The van der Waals surface area contributed by atoms with Crippen molar-refractivity contribution in [2.24, 2.45) is 0 Å². The number of aromatic nitrogens is 1. The summed E-state index contributed by atoms with van der Waals surface area (Å²) in [6.07, 6.45) is 1.61. The topological polar surface area (TPSA) is 62.0 Å². The lowest BCUT2D eigenvalue weighted by molar-refractivity contribution is -0.112. The predicted molar refractivity (Wildman–Crippen MR) is 69.7 cm³/mol. The third-order valence-corrected chi connectivity index (χ3v) is 2.77. The lowest BCUT2D eigenvalue weighted by Gasteiger charge is -2.10. The molecule has 0 bridgehead atoms. The molecular formula is C14H14N2O2. The lowest BCUT2D eigenvalue weighted by Crippen LogP contribution is -2.24. The van der Waals surface area contributed by atoms with Crippen molar-refractivity contribution in [3.63, 3.8) is 0 Å². The van der Waals surface area contributed by atoms with E-state index in [-0.39, 0.29) is 0 Å². The van der Waals surface area contributed by atoms with Gasteiger partial charge in [0.05, 0.1) is 5.69 Å². The van der Waals surface area contributed by atoms with Crippen LogP contribution in [-0.2, 0) is 4.79 Å². The van der Waals surface area contributed by atoms with E-state index >= 15 is 0 Å². The number of para-hydroxylation sites is 1. The fourth-order valence-corrected chi connectivity index (χ4v) is 1.78. The van der Waals surface area contributed by atoms with Crippen LogP contribution in [0, 0.1) is 13.8 Å². The Kier molecular flexibility index (Phi) is 3.28. The van der Waals surface area contributed by atoms with E-state index in [1.807, 2.05) is 32.0 Å². The number of nitrogens with one attached hydrogen (secondary N) is 2. The largest absolute Gasteiger partial charge is 0.358 e. The van der Waals surface area contributed by atoms with Crippen LogP contribution in [0.3, 0.4) is 0 Å². The van der Waals surface area contributed by atoms with Gasteiger partial charge in [-0.3, -0.25) is 9.59 Å². The fraction of sp³-hybridized carbons (Fsp3) is 0.143. The number of carbonyl (C=O) groups is 2. The number of aryl methyl sites for hydroxylation is 2. The Labute approximate surface area is 105 Å². The Hall–Kier alpha value is -2.36. The van der Waals surface area contributed by atoms with Crippen molar-refractivity contribution >= 4 is 17.4 Å². The molecule has 0 aliphatic rings. The normalized spacial score (nSPS) is 10.1. The van der Waals surface area contributed by atoms with Crippen LogP contribution in [0.15, 0.2) is 36.5 Å². The number of hydrogen-bond donors (Lipinski definition) is 2. The van der Waals surface area contributed by atoms with Gasteiger partial charge in [0.2, 0.25) is 0 Å². The van der Waals surface area contributed by atoms with Crippen molar-refractivity contribution in [1.29, 1.82) is 0 Å². The van der Waals surface area contributed by atoms with E-state index in [1.54, 1.807) is 18.3 Å². The Morgan fingerprint density at radius 2 is 1.72 bits per heavy atom. The van der Waals surface area contributed by atoms with Crippen LogP contribution in [-0.4, -0.2) is 16.7 Å². The second-order valence-electron chi connectivity index (χ2n) is 4.13. The molecule has 0 radical (unpaired) electrons. The molecule has 0 aliphatic carbocycles.